The number of benzene rings is 1. The Morgan fingerprint density at radius 2 is 1.45 bits per heavy atom. The molecule has 0 aromatic heterocycles. The van der Waals surface area contributed by atoms with Gasteiger partial charge in [-0.2, -0.15) is 0 Å². The maximum absolute atomic E-state index is 2.17. The van der Waals surface area contributed by atoms with Crippen LogP contribution in [-0.4, -0.2) is 35.4 Å². The zero-order valence-electron chi connectivity index (χ0n) is 7.96. The molecule has 0 nitrogen and oxygen atoms in total. The summed E-state index contributed by atoms with van der Waals surface area (Å²) in [5.74, 6) is 0. The normalized spacial score (nSPS) is 9.00. The molecular weight excluding hydrogens is 122 g/mol. The molecule has 0 spiro atoms. The topological polar surface area (TPSA) is 0 Å². The van der Waals surface area contributed by atoms with Crippen molar-refractivity contribution in [3.05, 3.63) is 30.3 Å². The predicted octanol–water partition coefficient (Wildman–Crippen LogP) is 1.46. The predicted molar refractivity (Wildman–Crippen MR) is 52.7 cm³/mol. The Morgan fingerprint density at radius 3 is 1.64 bits per heavy atom. The summed E-state index contributed by atoms with van der Waals surface area (Å²) in [7, 11) is 0. The average Bonchev–Trinajstić information content (AvgIpc) is 1.87. The van der Waals surface area contributed by atoms with E-state index < -0.39 is 0 Å². The van der Waals surface area contributed by atoms with E-state index in [1.807, 2.05) is 18.2 Å². The molecule has 0 N–H and O–H groups in total. The van der Waals surface area contributed by atoms with Gasteiger partial charge in [-0.3, -0.25) is 0 Å². The molecule has 0 saturated heterocycles. The summed E-state index contributed by atoms with van der Waals surface area (Å²) in [6.45, 7) is 4.33. The van der Waals surface area contributed by atoms with Crippen molar-refractivity contribution in [3.63, 3.8) is 0 Å². The van der Waals surface area contributed by atoms with Crippen LogP contribution >= 0.6 is 0 Å². The Hall–Kier alpha value is 0.415. The van der Waals surface area contributed by atoms with E-state index in [0.29, 0.717) is 0 Å². The Balaban J connectivity index is 0.000000218. The van der Waals surface area contributed by atoms with Gasteiger partial charge in [0.05, 0.1) is 0 Å². The summed E-state index contributed by atoms with van der Waals surface area (Å²) in [6.07, 6.45) is 0. The van der Waals surface area contributed by atoms with Crippen LogP contribution in [0.1, 0.15) is 13.8 Å². The summed E-state index contributed by atoms with van der Waals surface area (Å²) in [4.78, 5) is 0. The Morgan fingerprint density at radius 1 is 1.09 bits per heavy atom. The van der Waals surface area contributed by atoms with Gasteiger partial charge in [0.2, 0.25) is 0 Å². The second-order valence-electron chi connectivity index (χ2n) is 3.39. The van der Waals surface area contributed by atoms with Gasteiger partial charge in [0, 0.05) is 0 Å². The summed E-state index contributed by atoms with van der Waals surface area (Å²) in [5, 5.41) is 0. The van der Waals surface area contributed by atoms with Crippen molar-refractivity contribution in [2.24, 2.45) is 0 Å². The molecule has 0 atom stereocenters. The van der Waals surface area contributed by atoms with Crippen molar-refractivity contribution < 1.29 is 0 Å². The summed E-state index contributed by atoms with van der Waals surface area (Å²) in [6, 6.07) is 10.3. The van der Waals surface area contributed by atoms with Gasteiger partial charge in [0.25, 0.3) is 0 Å². The molecule has 11 heavy (non-hydrogen) atoms. The molecule has 0 fully saturated rings. The van der Waals surface area contributed by atoms with E-state index in [-0.39, 0.29) is 0 Å². The zero-order valence-corrected chi connectivity index (χ0v) is 7.96. The zero-order chi connectivity index (χ0) is 8.69. The summed E-state index contributed by atoms with van der Waals surface area (Å²) in [5.41, 5.74) is 0. The van der Waals surface area contributed by atoms with Crippen molar-refractivity contribution in [2.75, 3.05) is 0 Å². The molecule has 0 amide bonds. The first kappa shape index (κ1) is 11.4. The summed E-state index contributed by atoms with van der Waals surface area (Å²) >= 11 is 4.25. The Labute approximate surface area is 88.2 Å². The van der Waals surface area contributed by atoms with Gasteiger partial charge in [-0.1, -0.05) is 0 Å². The summed E-state index contributed by atoms with van der Waals surface area (Å²) < 4.78 is 2.16. The fourth-order valence-electron chi connectivity index (χ4n) is 0.534. The van der Waals surface area contributed by atoms with E-state index in [1.165, 1.54) is 4.24 Å². The number of rotatable bonds is 0. The second kappa shape index (κ2) is 7.08. The SMILES string of the molecule is [Li][CH](C)C.[Li][c]1ccccc1. The first-order valence-corrected chi connectivity index (χ1v) is 4.14. The quantitative estimate of drug-likeness (QED) is 0.471. The van der Waals surface area contributed by atoms with Gasteiger partial charge in [-0.15, -0.1) is 0 Å². The van der Waals surface area contributed by atoms with Gasteiger partial charge in [0.15, 0.2) is 0 Å². The van der Waals surface area contributed by atoms with Crippen LogP contribution in [0, 0.1) is 0 Å². The standard InChI is InChI=1S/C6H5.C3H7.2Li/c1-2-4-6-5-3-1;1-3-2;;/h1-5H;3H,1-2H3;;. The van der Waals surface area contributed by atoms with Gasteiger partial charge >= 0.3 is 88.4 Å². The minimum absolute atomic E-state index is 0.833. The van der Waals surface area contributed by atoms with Crippen molar-refractivity contribution >= 4 is 39.7 Å². The fraction of sp³-hybridized carbons (Fsp3) is 0.333. The van der Waals surface area contributed by atoms with E-state index in [9.17, 15) is 0 Å². The molecule has 2 heteroatoms. The molecule has 0 aliphatic rings. The average molecular weight is 134 g/mol. The molecular formula is C9H12Li2. The third-order valence-corrected chi connectivity index (χ3v) is 0.940. The van der Waals surface area contributed by atoms with Crippen LogP contribution in [0.2, 0.25) is 4.59 Å². The maximum atomic E-state index is 2.17. The molecule has 0 saturated carbocycles. The van der Waals surface area contributed by atoms with Crippen LogP contribution < -0.4 is 4.24 Å². The second-order valence-corrected chi connectivity index (χ2v) is 3.39. The van der Waals surface area contributed by atoms with Crippen LogP contribution in [0.5, 0.6) is 0 Å². The number of hydrogen-bond donors (Lipinski definition) is 0. The molecule has 0 aliphatic carbocycles. The van der Waals surface area contributed by atoms with Crippen LogP contribution in [0.4, 0.5) is 0 Å². The van der Waals surface area contributed by atoms with Crippen LogP contribution in [0.15, 0.2) is 30.3 Å². The van der Waals surface area contributed by atoms with Gasteiger partial charge in [-0.05, 0) is 0 Å². The molecule has 0 unspecified atom stereocenters. The molecule has 0 heterocycles. The van der Waals surface area contributed by atoms with E-state index in [1.54, 1.807) is 0 Å². The molecule has 0 aliphatic heterocycles. The third-order valence-electron chi connectivity index (χ3n) is 0.940. The minimum atomic E-state index is 0.833. The molecule has 50 valence electrons. The van der Waals surface area contributed by atoms with Crippen LogP contribution in [0.3, 0.4) is 0 Å². The number of hydrogen-bond acceptors (Lipinski definition) is 0. The van der Waals surface area contributed by atoms with Crippen molar-refractivity contribution in [1.82, 2.24) is 0 Å². The molecule has 1 aromatic carbocycles. The van der Waals surface area contributed by atoms with Crippen molar-refractivity contribution in [1.29, 1.82) is 0 Å². The fourth-order valence-corrected chi connectivity index (χ4v) is 0.534. The van der Waals surface area contributed by atoms with E-state index in [4.69, 9.17) is 0 Å². The van der Waals surface area contributed by atoms with E-state index in [0.717, 1.165) is 4.59 Å². The van der Waals surface area contributed by atoms with Crippen molar-refractivity contribution in [2.45, 2.75) is 18.4 Å². The monoisotopic (exact) mass is 134 g/mol. The molecule has 0 radical (unpaired) electrons. The van der Waals surface area contributed by atoms with Crippen molar-refractivity contribution in [3.8, 4) is 0 Å². The van der Waals surface area contributed by atoms with Crippen LogP contribution in [0.25, 0.3) is 0 Å². The van der Waals surface area contributed by atoms with E-state index >= 15 is 0 Å². The van der Waals surface area contributed by atoms with Crippen LogP contribution in [-0.2, 0) is 0 Å². The molecule has 1 rings (SSSR count). The first-order chi connectivity index (χ1) is 5.13. The van der Waals surface area contributed by atoms with Gasteiger partial charge in [0.1, 0.15) is 0 Å². The molecule has 1 aromatic rings. The Kier molecular flexibility index (Phi) is 7.35. The van der Waals surface area contributed by atoms with E-state index in [2.05, 4.69) is 61.4 Å². The molecule has 0 bridgehead atoms. The van der Waals surface area contributed by atoms with Gasteiger partial charge in [-0.25, -0.2) is 0 Å². The first-order valence-electron chi connectivity index (χ1n) is 4.14. The van der Waals surface area contributed by atoms with Gasteiger partial charge < -0.3 is 0 Å². The third kappa shape index (κ3) is 10.4. The Bertz CT molecular complexity index is 167.